The number of hydrogen-bond acceptors (Lipinski definition) is 4. The molecule has 0 fully saturated rings. The lowest BCUT2D eigenvalue weighted by molar-refractivity contribution is 0.305. The molecule has 0 unspecified atom stereocenters. The summed E-state index contributed by atoms with van der Waals surface area (Å²) in [7, 11) is 0. The molecule has 4 nitrogen and oxygen atoms in total. The first-order chi connectivity index (χ1) is 9.69. The van der Waals surface area contributed by atoms with Crippen molar-refractivity contribution in [3.05, 3.63) is 42.5 Å². The molecule has 0 radical (unpaired) electrons. The second-order valence-electron chi connectivity index (χ2n) is 5.00. The zero-order valence-corrected chi connectivity index (χ0v) is 11.8. The predicted octanol–water partition coefficient (Wildman–Crippen LogP) is 3.05. The molecule has 0 aromatic heterocycles. The summed E-state index contributed by atoms with van der Waals surface area (Å²) in [4.78, 5) is 0. The lowest BCUT2D eigenvalue weighted by Crippen LogP contribution is -2.32. The molecule has 0 saturated heterocycles. The number of oxime groups is 1. The maximum Gasteiger partial charge on any atom is 0.131 e. The first-order valence-corrected chi connectivity index (χ1v) is 6.74. The van der Waals surface area contributed by atoms with Crippen LogP contribution in [-0.4, -0.2) is 30.1 Å². The van der Waals surface area contributed by atoms with Crippen LogP contribution in [0.3, 0.4) is 0 Å². The summed E-state index contributed by atoms with van der Waals surface area (Å²) in [5.74, 6) is 0.773. The van der Waals surface area contributed by atoms with Crippen LogP contribution in [0.4, 0.5) is 0 Å². The molecule has 0 bridgehead atoms. The third-order valence-electron chi connectivity index (χ3n) is 2.98. The Morgan fingerprint density at radius 3 is 2.65 bits per heavy atom. The molecule has 20 heavy (non-hydrogen) atoms. The Morgan fingerprint density at radius 2 is 1.95 bits per heavy atom. The molecular weight excluding hydrogens is 252 g/mol. The predicted molar refractivity (Wildman–Crippen MR) is 81.8 cm³/mol. The average molecular weight is 272 g/mol. The quantitative estimate of drug-likeness (QED) is 0.483. The summed E-state index contributed by atoms with van der Waals surface area (Å²) in [6.07, 6.45) is 0. The van der Waals surface area contributed by atoms with E-state index in [0.717, 1.165) is 11.1 Å². The third-order valence-corrected chi connectivity index (χ3v) is 2.98. The first-order valence-electron chi connectivity index (χ1n) is 6.74. The van der Waals surface area contributed by atoms with Crippen LogP contribution in [0.25, 0.3) is 10.8 Å². The van der Waals surface area contributed by atoms with Gasteiger partial charge in [0.05, 0.1) is 0 Å². The Labute approximate surface area is 119 Å². The van der Waals surface area contributed by atoms with Crippen LogP contribution < -0.4 is 10.1 Å². The van der Waals surface area contributed by atoms with Crippen LogP contribution in [0.2, 0.25) is 0 Å². The van der Waals surface area contributed by atoms with Crippen molar-refractivity contribution >= 4 is 16.5 Å². The second kappa shape index (κ2) is 6.91. The highest BCUT2D eigenvalue weighted by Crippen LogP contribution is 2.20. The molecule has 106 valence electrons. The Balaban J connectivity index is 1.97. The Morgan fingerprint density at radius 1 is 1.20 bits per heavy atom. The third kappa shape index (κ3) is 3.96. The van der Waals surface area contributed by atoms with Gasteiger partial charge in [0.15, 0.2) is 0 Å². The van der Waals surface area contributed by atoms with E-state index in [1.165, 1.54) is 5.39 Å². The van der Waals surface area contributed by atoms with Gasteiger partial charge in [0.25, 0.3) is 0 Å². The molecule has 0 aliphatic heterocycles. The Kier molecular flexibility index (Phi) is 4.96. The van der Waals surface area contributed by atoms with Crippen molar-refractivity contribution < 1.29 is 9.94 Å². The van der Waals surface area contributed by atoms with Gasteiger partial charge in [-0.3, -0.25) is 0 Å². The molecule has 2 N–H and O–H groups in total. The standard InChI is InChI=1S/C16H20N2O2/c1-12(2)17-10-15(18-19)11-20-16-8-7-13-5-3-4-6-14(13)9-16/h3-9,12,17,19H,10-11H2,1-2H3/b18-15-. The second-order valence-corrected chi connectivity index (χ2v) is 5.00. The van der Waals surface area contributed by atoms with E-state index in [1.807, 2.05) is 50.2 Å². The molecule has 0 heterocycles. The highest BCUT2D eigenvalue weighted by Gasteiger charge is 2.04. The van der Waals surface area contributed by atoms with Gasteiger partial charge < -0.3 is 15.3 Å². The van der Waals surface area contributed by atoms with Crippen molar-refractivity contribution in [2.45, 2.75) is 19.9 Å². The van der Waals surface area contributed by atoms with Gasteiger partial charge in [0.2, 0.25) is 0 Å². The SMILES string of the molecule is CC(C)NC/C(COc1ccc2ccccc2c1)=N/O. The first kappa shape index (κ1) is 14.3. The normalized spacial score (nSPS) is 12.1. The average Bonchev–Trinajstić information content (AvgIpc) is 2.47. The molecule has 2 aromatic carbocycles. The van der Waals surface area contributed by atoms with E-state index in [2.05, 4.69) is 16.5 Å². The minimum absolute atomic E-state index is 0.272. The van der Waals surface area contributed by atoms with Crippen LogP contribution in [0.15, 0.2) is 47.6 Å². The molecule has 0 atom stereocenters. The highest BCUT2D eigenvalue weighted by atomic mass is 16.5. The lowest BCUT2D eigenvalue weighted by Gasteiger charge is -2.11. The van der Waals surface area contributed by atoms with E-state index < -0.39 is 0 Å². The summed E-state index contributed by atoms with van der Waals surface area (Å²) in [6.45, 7) is 4.87. The van der Waals surface area contributed by atoms with Crippen molar-refractivity contribution in [3.8, 4) is 5.75 Å². The van der Waals surface area contributed by atoms with Crippen molar-refractivity contribution in [1.82, 2.24) is 5.32 Å². The molecular formula is C16H20N2O2. The zero-order chi connectivity index (χ0) is 14.4. The van der Waals surface area contributed by atoms with Crippen molar-refractivity contribution in [2.24, 2.45) is 5.16 Å². The van der Waals surface area contributed by atoms with Crippen molar-refractivity contribution in [1.29, 1.82) is 0 Å². The van der Waals surface area contributed by atoms with Gasteiger partial charge in [-0.15, -0.1) is 0 Å². The fourth-order valence-corrected chi connectivity index (χ4v) is 1.86. The number of nitrogens with one attached hydrogen (secondary N) is 1. The monoisotopic (exact) mass is 272 g/mol. The minimum atomic E-state index is 0.272. The molecule has 0 amide bonds. The van der Waals surface area contributed by atoms with E-state index in [9.17, 15) is 0 Å². The number of rotatable bonds is 6. The molecule has 4 heteroatoms. The molecule has 0 aliphatic carbocycles. The van der Waals surface area contributed by atoms with Crippen LogP contribution >= 0.6 is 0 Å². The summed E-state index contributed by atoms with van der Waals surface area (Å²) in [5.41, 5.74) is 0.576. The molecule has 2 aromatic rings. The van der Waals surface area contributed by atoms with E-state index in [1.54, 1.807) is 0 Å². The highest BCUT2D eigenvalue weighted by molar-refractivity contribution is 5.87. The van der Waals surface area contributed by atoms with Gasteiger partial charge in [0.1, 0.15) is 18.1 Å². The molecule has 2 rings (SSSR count). The van der Waals surface area contributed by atoms with Gasteiger partial charge >= 0.3 is 0 Å². The number of hydrogen-bond donors (Lipinski definition) is 2. The maximum atomic E-state index is 8.96. The number of ether oxygens (including phenoxy) is 1. The Hall–Kier alpha value is -2.07. The number of nitrogens with zero attached hydrogens (tertiary/aromatic N) is 1. The molecule has 0 aliphatic rings. The van der Waals surface area contributed by atoms with Crippen LogP contribution in [0, 0.1) is 0 Å². The van der Waals surface area contributed by atoms with Crippen LogP contribution in [-0.2, 0) is 0 Å². The topological polar surface area (TPSA) is 53.8 Å². The van der Waals surface area contributed by atoms with Gasteiger partial charge in [0, 0.05) is 12.6 Å². The number of fused-ring (bicyclic) bond motifs is 1. The Bertz CT molecular complexity index is 594. The summed E-state index contributed by atoms with van der Waals surface area (Å²) < 4.78 is 5.67. The van der Waals surface area contributed by atoms with Gasteiger partial charge in [-0.2, -0.15) is 0 Å². The summed E-state index contributed by atoms with van der Waals surface area (Å²) in [6, 6.07) is 14.4. The van der Waals surface area contributed by atoms with Crippen molar-refractivity contribution in [2.75, 3.05) is 13.2 Å². The smallest absolute Gasteiger partial charge is 0.131 e. The van der Waals surface area contributed by atoms with Crippen LogP contribution in [0.1, 0.15) is 13.8 Å². The van der Waals surface area contributed by atoms with E-state index in [-0.39, 0.29) is 6.61 Å². The van der Waals surface area contributed by atoms with E-state index in [4.69, 9.17) is 9.94 Å². The minimum Gasteiger partial charge on any atom is -0.487 e. The summed E-state index contributed by atoms with van der Waals surface area (Å²) >= 11 is 0. The van der Waals surface area contributed by atoms with Crippen LogP contribution in [0.5, 0.6) is 5.75 Å². The van der Waals surface area contributed by atoms with Gasteiger partial charge in [-0.1, -0.05) is 49.3 Å². The van der Waals surface area contributed by atoms with E-state index in [0.29, 0.717) is 18.3 Å². The lowest BCUT2D eigenvalue weighted by atomic mass is 10.1. The fraction of sp³-hybridized carbons (Fsp3) is 0.312. The maximum absolute atomic E-state index is 8.96. The summed E-state index contributed by atoms with van der Waals surface area (Å²) in [5, 5.41) is 17.7. The zero-order valence-electron chi connectivity index (χ0n) is 11.8. The van der Waals surface area contributed by atoms with E-state index >= 15 is 0 Å². The van der Waals surface area contributed by atoms with Gasteiger partial charge in [-0.25, -0.2) is 0 Å². The largest absolute Gasteiger partial charge is 0.487 e. The molecule has 0 spiro atoms. The fourth-order valence-electron chi connectivity index (χ4n) is 1.86. The number of benzene rings is 2. The van der Waals surface area contributed by atoms with Gasteiger partial charge in [-0.05, 0) is 22.9 Å². The molecule has 0 saturated carbocycles. The van der Waals surface area contributed by atoms with Crippen molar-refractivity contribution in [3.63, 3.8) is 0 Å².